The maximum Gasteiger partial charge on any atom is 0.243 e. The van der Waals surface area contributed by atoms with Crippen LogP contribution in [0, 0.1) is 5.92 Å². The highest BCUT2D eigenvalue weighted by atomic mass is 35.5. The fourth-order valence-electron chi connectivity index (χ4n) is 3.70. The first kappa shape index (κ1) is 25.0. The lowest BCUT2D eigenvalue weighted by atomic mass is 10.2. The van der Waals surface area contributed by atoms with Crippen molar-refractivity contribution >= 4 is 37.3 Å². The molecule has 0 atom stereocenters. The van der Waals surface area contributed by atoms with Gasteiger partial charge in [0.1, 0.15) is 0 Å². The van der Waals surface area contributed by atoms with Gasteiger partial charge in [0.2, 0.25) is 20.0 Å². The van der Waals surface area contributed by atoms with Gasteiger partial charge in [0.15, 0.2) is 0 Å². The van der Waals surface area contributed by atoms with E-state index in [0.717, 1.165) is 11.3 Å². The second kappa shape index (κ2) is 10.1. The summed E-state index contributed by atoms with van der Waals surface area (Å²) in [6.45, 7) is 6.62. The van der Waals surface area contributed by atoms with E-state index in [9.17, 15) is 16.8 Å². The minimum Gasteiger partial charge on any atom is -0.369 e. The number of benzene rings is 2. The molecule has 0 bridgehead atoms. The highest BCUT2D eigenvalue weighted by Crippen LogP contribution is 2.24. The van der Waals surface area contributed by atoms with Crippen LogP contribution in [0.4, 0.5) is 5.69 Å². The van der Waals surface area contributed by atoms with E-state index in [-0.39, 0.29) is 17.4 Å². The number of sulfonamides is 2. The van der Waals surface area contributed by atoms with Gasteiger partial charge in [-0.3, -0.25) is 0 Å². The van der Waals surface area contributed by atoms with E-state index in [1.165, 1.54) is 14.9 Å². The average molecular weight is 500 g/mol. The van der Waals surface area contributed by atoms with Crippen LogP contribution in [0.15, 0.2) is 53.4 Å². The highest BCUT2D eigenvalue weighted by molar-refractivity contribution is 7.89. The van der Waals surface area contributed by atoms with E-state index in [2.05, 4.69) is 4.90 Å². The Balaban J connectivity index is 1.76. The van der Waals surface area contributed by atoms with Crippen molar-refractivity contribution in [3.05, 3.63) is 59.1 Å². The van der Waals surface area contributed by atoms with E-state index in [0.29, 0.717) is 37.7 Å². The lowest BCUT2D eigenvalue weighted by Crippen LogP contribution is -2.48. The van der Waals surface area contributed by atoms with Gasteiger partial charge < -0.3 is 4.90 Å². The van der Waals surface area contributed by atoms with Gasteiger partial charge in [-0.25, -0.2) is 16.8 Å². The largest absolute Gasteiger partial charge is 0.369 e. The number of hydrogen-bond acceptors (Lipinski definition) is 5. The first-order valence-corrected chi connectivity index (χ1v) is 14.2. The smallest absolute Gasteiger partial charge is 0.243 e. The average Bonchev–Trinajstić information content (AvgIpc) is 2.74. The van der Waals surface area contributed by atoms with E-state index in [4.69, 9.17) is 11.6 Å². The first-order chi connectivity index (χ1) is 15.0. The van der Waals surface area contributed by atoms with Gasteiger partial charge in [0, 0.05) is 50.0 Å². The van der Waals surface area contributed by atoms with Crippen LogP contribution >= 0.6 is 11.6 Å². The van der Waals surface area contributed by atoms with Crippen molar-refractivity contribution in [2.75, 3.05) is 43.9 Å². The van der Waals surface area contributed by atoms with Crippen LogP contribution in [-0.2, 0) is 26.6 Å². The van der Waals surface area contributed by atoms with Gasteiger partial charge in [-0.1, -0.05) is 37.6 Å². The van der Waals surface area contributed by atoms with Gasteiger partial charge in [-0.15, -0.1) is 0 Å². The normalized spacial score (nSPS) is 16.1. The molecule has 0 saturated carbocycles. The molecule has 3 rings (SSSR count). The molecule has 0 aromatic heterocycles. The molecule has 176 valence electrons. The zero-order chi connectivity index (χ0) is 23.5. The fraction of sp³-hybridized carbons (Fsp3) is 0.455. The molecule has 2 aromatic rings. The molecule has 1 saturated heterocycles. The quantitative estimate of drug-likeness (QED) is 0.557. The monoisotopic (exact) mass is 499 g/mol. The Morgan fingerprint density at radius 1 is 0.906 bits per heavy atom. The number of rotatable bonds is 8. The molecule has 0 radical (unpaired) electrons. The standard InChI is InChI=1S/C22H30ClN3O4S2/c1-18(2)16-26(17-19-4-6-20(23)7-5-19)32(29,30)22-10-8-21(9-11-22)24-12-14-25(15-13-24)31(3,27)28/h4-11,18H,12-17H2,1-3H3. The molecule has 32 heavy (non-hydrogen) atoms. The summed E-state index contributed by atoms with van der Waals surface area (Å²) in [5, 5.41) is 0.611. The molecule has 1 aliphatic rings. The topological polar surface area (TPSA) is 78.0 Å². The van der Waals surface area contributed by atoms with Crippen molar-refractivity contribution in [3.8, 4) is 0 Å². The maximum absolute atomic E-state index is 13.4. The molecule has 0 N–H and O–H groups in total. The summed E-state index contributed by atoms with van der Waals surface area (Å²) in [5.74, 6) is 0.169. The number of nitrogens with zero attached hydrogens (tertiary/aromatic N) is 3. The predicted octanol–water partition coefficient (Wildman–Crippen LogP) is 3.27. The number of anilines is 1. The Hall–Kier alpha value is -1.65. The fourth-order valence-corrected chi connectivity index (χ4v) is 6.25. The second-order valence-electron chi connectivity index (χ2n) is 8.46. The van der Waals surface area contributed by atoms with Crippen molar-refractivity contribution in [1.29, 1.82) is 0 Å². The van der Waals surface area contributed by atoms with Crippen molar-refractivity contribution in [2.24, 2.45) is 5.92 Å². The number of halogens is 1. The second-order valence-corrected chi connectivity index (χ2v) is 12.8. The molecule has 1 fully saturated rings. The van der Waals surface area contributed by atoms with Gasteiger partial charge in [0.05, 0.1) is 11.2 Å². The molecule has 1 heterocycles. The van der Waals surface area contributed by atoms with E-state index < -0.39 is 20.0 Å². The zero-order valence-electron chi connectivity index (χ0n) is 18.6. The third kappa shape index (κ3) is 6.23. The maximum atomic E-state index is 13.4. The Labute approximate surface area is 196 Å². The summed E-state index contributed by atoms with van der Waals surface area (Å²) in [6, 6.07) is 14.0. The molecule has 2 aromatic carbocycles. The molecule has 10 heteroatoms. The van der Waals surface area contributed by atoms with E-state index in [1.807, 2.05) is 26.0 Å². The number of piperazine rings is 1. The lowest BCUT2D eigenvalue weighted by Gasteiger charge is -2.34. The van der Waals surface area contributed by atoms with Crippen LogP contribution in [0.3, 0.4) is 0 Å². The van der Waals surface area contributed by atoms with Crippen LogP contribution in [0.1, 0.15) is 19.4 Å². The first-order valence-electron chi connectivity index (χ1n) is 10.5. The minimum atomic E-state index is -3.69. The van der Waals surface area contributed by atoms with Gasteiger partial charge in [0.25, 0.3) is 0 Å². The SMILES string of the molecule is CC(C)CN(Cc1ccc(Cl)cc1)S(=O)(=O)c1ccc(N2CCN(S(C)(=O)=O)CC2)cc1. The highest BCUT2D eigenvalue weighted by Gasteiger charge is 2.27. The van der Waals surface area contributed by atoms with Crippen LogP contribution in [0.5, 0.6) is 0 Å². The molecule has 0 spiro atoms. The van der Waals surface area contributed by atoms with Gasteiger partial charge in [-0.2, -0.15) is 8.61 Å². The minimum absolute atomic E-state index is 0.169. The van der Waals surface area contributed by atoms with E-state index >= 15 is 0 Å². The predicted molar refractivity (Wildman–Crippen MR) is 129 cm³/mol. The van der Waals surface area contributed by atoms with Gasteiger partial charge >= 0.3 is 0 Å². The molecule has 1 aliphatic heterocycles. The zero-order valence-corrected chi connectivity index (χ0v) is 21.0. The molecular weight excluding hydrogens is 470 g/mol. The number of hydrogen-bond donors (Lipinski definition) is 0. The Kier molecular flexibility index (Phi) is 7.88. The summed E-state index contributed by atoms with van der Waals surface area (Å²) in [6.07, 6.45) is 1.22. The van der Waals surface area contributed by atoms with Crippen LogP contribution in [-0.4, -0.2) is 64.4 Å². The summed E-state index contributed by atoms with van der Waals surface area (Å²) in [5.41, 5.74) is 1.75. The summed E-state index contributed by atoms with van der Waals surface area (Å²) in [7, 11) is -6.88. The summed E-state index contributed by atoms with van der Waals surface area (Å²) in [4.78, 5) is 2.31. The molecular formula is C22H30ClN3O4S2. The van der Waals surface area contributed by atoms with E-state index in [1.54, 1.807) is 36.4 Å². The van der Waals surface area contributed by atoms with Crippen LogP contribution in [0.25, 0.3) is 0 Å². The van der Waals surface area contributed by atoms with Crippen molar-refractivity contribution < 1.29 is 16.8 Å². The van der Waals surface area contributed by atoms with Crippen LogP contribution < -0.4 is 4.90 Å². The Morgan fingerprint density at radius 3 is 1.97 bits per heavy atom. The molecule has 0 aliphatic carbocycles. The summed E-state index contributed by atoms with van der Waals surface area (Å²) < 4.78 is 53.2. The Morgan fingerprint density at radius 2 is 1.47 bits per heavy atom. The Bertz CT molecular complexity index is 1110. The van der Waals surface area contributed by atoms with Crippen molar-refractivity contribution in [3.63, 3.8) is 0 Å². The third-order valence-electron chi connectivity index (χ3n) is 5.39. The summed E-state index contributed by atoms with van der Waals surface area (Å²) >= 11 is 5.96. The molecule has 0 amide bonds. The van der Waals surface area contributed by atoms with Crippen LogP contribution in [0.2, 0.25) is 5.02 Å². The molecule has 7 nitrogen and oxygen atoms in total. The van der Waals surface area contributed by atoms with Crippen molar-refractivity contribution in [1.82, 2.24) is 8.61 Å². The third-order valence-corrected chi connectivity index (χ3v) is 8.77. The van der Waals surface area contributed by atoms with Gasteiger partial charge in [-0.05, 0) is 47.9 Å². The lowest BCUT2D eigenvalue weighted by molar-refractivity contribution is 0.362. The van der Waals surface area contributed by atoms with Crippen molar-refractivity contribution in [2.45, 2.75) is 25.3 Å². The molecule has 0 unspecified atom stereocenters.